The van der Waals surface area contributed by atoms with Gasteiger partial charge in [0.2, 0.25) is 5.78 Å². The monoisotopic (exact) mass is 239 g/mol. The summed E-state index contributed by atoms with van der Waals surface area (Å²) in [6.07, 6.45) is 1.20. The van der Waals surface area contributed by atoms with E-state index in [4.69, 9.17) is 9.47 Å². The lowest BCUT2D eigenvalue weighted by molar-refractivity contribution is 0.0511. The van der Waals surface area contributed by atoms with E-state index in [-0.39, 0.29) is 11.9 Å². The van der Waals surface area contributed by atoms with Crippen LogP contribution >= 0.6 is 11.8 Å². The average molecular weight is 239 g/mol. The molecule has 2 rings (SSSR count). The van der Waals surface area contributed by atoms with Crippen LogP contribution in [0.5, 0.6) is 5.75 Å². The minimum atomic E-state index is -0.387. The van der Waals surface area contributed by atoms with Gasteiger partial charge in [0.05, 0.1) is 13.7 Å². The summed E-state index contributed by atoms with van der Waals surface area (Å²) in [4.78, 5) is 16.2. The Morgan fingerprint density at radius 3 is 3.25 bits per heavy atom. The number of nitrogens with zero attached hydrogens (tertiary/aromatic N) is 1. The summed E-state index contributed by atoms with van der Waals surface area (Å²) < 4.78 is 10.5. The maximum absolute atomic E-state index is 12.1. The third-order valence-electron chi connectivity index (χ3n) is 2.33. The van der Waals surface area contributed by atoms with Crippen LogP contribution in [-0.2, 0) is 4.74 Å². The fourth-order valence-electron chi connectivity index (χ4n) is 1.53. The van der Waals surface area contributed by atoms with E-state index >= 15 is 0 Å². The fourth-order valence-corrected chi connectivity index (χ4v) is 2.37. The van der Waals surface area contributed by atoms with Gasteiger partial charge in [-0.15, -0.1) is 0 Å². The first-order chi connectivity index (χ1) is 7.83. The molecule has 0 aliphatic carbocycles. The van der Waals surface area contributed by atoms with Crippen LogP contribution in [-0.4, -0.2) is 42.1 Å². The summed E-state index contributed by atoms with van der Waals surface area (Å²) in [5.41, 5.74) is 0.359. The first-order valence-corrected chi connectivity index (χ1v) is 6.21. The van der Waals surface area contributed by atoms with Crippen molar-refractivity contribution in [2.75, 3.05) is 25.2 Å². The molecule has 0 spiro atoms. The highest BCUT2D eigenvalue weighted by atomic mass is 32.2. The lowest BCUT2D eigenvalue weighted by Crippen LogP contribution is -2.32. The van der Waals surface area contributed by atoms with Crippen molar-refractivity contribution in [3.05, 3.63) is 24.0 Å². The Balaban J connectivity index is 2.19. The van der Waals surface area contributed by atoms with E-state index < -0.39 is 0 Å². The molecule has 1 unspecified atom stereocenters. The highest BCUT2D eigenvalue weighted by Crippen LogP contribution is 2.21. The summed E-state index contributed by atoms with van der Waals surface area (Å²) in [6.45, 7) is 0.621. The van der Waals surface area contributed by atoms with Crippen LogP contribution in [0.4, 0.5) is 0 Å². The van der Waals surface area contributed by atoms with Gasteiger partial charge in [0.25, 0.3) is 0 Å². The van der Waals surface area contributed by atoms with E-state index in [2.05, 4.69) is 4.98 Å². The first kappa shape index (κ1) is 11.4. The number of rotatable bonds is 3. The molecule has 16 heavy (non-hydrogen) atoms. The number of ketones is 1. The summed E-state index contributed by atoms with van der Waals surface area (Å²) >= 11 is 1.73. The van der Waals surface area contributed by atoms with Gasteiger partial charge in [-0.05, 0) is 12.1 Å². The normalized spacial score (nSPS) is 20.4. The van der Waals surface area contributed by atoms with Crippen molar-refractivity contribution >= 4 is 17.5 Å². The van der Waals surface area contributed by atoms with Gasteiger partial charge < -0.3 is 9.47 Å². The summed E-state index contributed by atoms with van der Waals surface area (Å²) in [5, 5.41) is 0. The number of pyridine rings is 1. The molecular weight excluding hydrogens is 226 g/mol. The van der Waals surface area contributed by atoms with E-state index in [1.165, 1.54) is 7.11 Å². The molecule has 1 saturated heterocycles. The minimum absolute atomic E-state index is 0.0929. The Bertz CT molecular complexity index is 377. The lowest BCUT2D eigenvalue weighted by Gasteiger charge is -2.21. The Hall–Kier alpha value is -1.07. The van der Waals surface area contributed by atoms with Crippen molar-refractivity contribution in [3.63, 3.8) is 0 Å². The SMILES string of the molecule is COc1cccnc1C(=O)C1CSCCO1. The van der Waals surface area contributed by atoms with Gasteiger partial charge in [0.1, 0.15) is 11.9 Å². The van der Waals surface area contributed by atoms with Crippen LogP contribution in [0.1, 0.15) is 10.5 Å². The standard InChI is InChI=1S/C11H13NO3S/c1-14-8-3-2-4-12-10(8)11(13)9-7-16-6-5-15-9/h2-4,9H,5-7H2,1H3. The number of carbonyl (C=O) groups is 1. The minimum Gasteiger partial charge on any atom is -0.494 e. The van der Waals surface area contributed by atoms with E-state index in [0.717, 1.165) is 5.75 Å². The third-order valence-corrected chi connectivity index (χ3v) is 3.33. The molecule has 1 atom stereocenters. The van der Waals surface area contributed by atoms with Crippen molar-refractivity contribution in [2.45, 2.75) is 6.10 Å². The van der Waals surface area contributed by atoms with Gasteiger partial charge in [-0.3, -0.25) is 4.79 Å². The zero-order valence-electron chi connectivity index (χ0n) is 9.01. The molecule has 1 aromatic rings. The highest BCUT2D eigenvalue weighted by molar-refractivity contribution is 7.99. The molecule has 1 fully saturated rings. The molecule has 0 saturated carbocycles. The van der Waals surface area contributed by atoms with Crippen molar-refractivity contribution < 1.29 is 14.3 Å². The van der Waals surface area contributed by atoms with Crippen molar-refractivity contribution in [1.29, 1.82) is 0 Å². The smallest absolute Gasteiger partial charge is 0.214 e. The van der Waals surface area contributed by atoms with Crippen LogP contribution in [0.15, 0.2) is 18.3 Å². The molecule has 0 radical (unpaired) electrons. The first-order valence-electron chi connectivity index (χ1n) is 5.05. The predicted octanol–water partition coefficient (Wildman–Crippen LogP) is 1.40. The van der Waals surface area contributed by atoms with Gasteiger partial charge in [-0.25, -0.2) is 4.98 Å². The molecule has 1 aromatic heterocycles. The Labute approximate surface area is 98.3 Å². The summed E-state index contributed by atoms with van der Waals surface area (Å²) in [7, 11) is 1.53. The highest BCUT2D eigenvalue weighted by Gasteiger charge is 2.26. The Morgan fingerprint density at radius 1 is 1.69 bits per heavy atom. The number of carbonyl (C=O) groups excluding carboxylic acids is 1. The molecule has 86 valence electrons. The zero-order chi connectivity index (χ0) is 11.4. The number of thioether (sulfide) groups is 1. The number of hydrogen-bond donors (Lipinski definition) is 0. The van der Waals surface area contributed by atoms with Gasteiger partial charge in [-0.2, -0.15) is 11.8 Å². The van der Waals surface area contributed by atoms with Gasteiger partial charge in [-0.1, -0.05) is 0 Å². The van der Waals surface area contributed by atoms with Crippen LogP contribution in [0, 0.1) is 0 Å². The number of methoxy groups -OCH3 is 1. The molecule has 4 nitrogen and oxygen atoms in total. The molecule has 0 aromatic carbocycles. The molecule has 0 amide bonds. The van der Waals surface area contributed by atoms with Crippen LogP contribution in [0.3, 0.4) is 0 Å². The van der Waals surface area contributed by atoms with Crippen molar-refractivity contribution in [2.24, 2.45) is 0 Å². The van der Waals surface area contributed by atoms with Gasteiger partial charge in [0.15, 0.2) is 5.69 Å². The number of hydrogen-bond acceptors (Lipinski definition) is 5. The second-order valence-corrected chi connectivity index (χ2v) is 4.50. The topological polar surface area (TPSA) is 48.4 Å². The van der Waals surface area contributed by atoms with E-state index in [9.17, 15) is 4.79 Å². The quantitative estimate of drug-likeness (QED) is 0.746. The van der Waals surface area contributed by atoms with E-state index in [0.29, 0.717) is 23.8 Å². The Kier molecular flexibility index (Phi) is 3.79. The molecular formula is C11H13NO3S. The molecule has 0 bridgehead atoms. The summed E-state index contributed by atoms with van der Waals surface area (Å²) in [6, 6.07) is 3.47. The maximum Gasteiger partial charge on any atom is 0.214 e. The average Bonchev–Trinajstić information content (AvgIpc) is 2.39. The Morgan fingerprint density at radius 2 is 2.56 bits per heavy atom. The predicted molar refractivity (Wildman–Crippen MR) is 62.2 cm³/mol. The second kappa shape index (κ2) is 5.32. The van der Waals surface area contributed by atoms with E-state index in [1.54, 1.807) is 30.1 Å². The number of aromatic nitrogens is 1. The fraction of sp³-hybridized carbons (Fsp3) is 0.455. The van der Waals surface area contributed by atoms with Crippen molar-refractivity contribution in [3.8, 4) is 5.75 Å². The number of Topliss-reactive ketones (excluding diaryl/α,β-unsaturated/α-hetero) is 1. The lowest BCUT2D eigenvalue weighted by atomic mass is 10.1. The van der Waals surface area contributed by atoms with Crippen molar-refractivity contribution in [1.82, 2.24) is 4.98 Å². The third kappa shape index (κ3) is 2.36. The van der Waals surface area contributed by atoms with Gasteiger partial charge >= 0.3 is 0 Å². The van der Waals surface area contributed by atoms with Gasteiger partial charge in [0, 0.05) is 17.7 Å². The van der Waals surface area contributed by atoms with Crippen LogP contribution in [0.25, 0.3) is 0 Å². The molecule has 2 heterocycles. The number of ether oxygens (including phenoxy) is 2. The largest absolute Gasteiger partial charge is 0.494 e. The summed E-state index contributed by atoms with van der Waals surface area (Å²) in [5.74, 6) is 2.05. The molecule has 0 N–H and O–H groups in total. The second-order valence-electron chi connectivity index (χ2n) is 3.35. The zero-order valence-corrected chi connectivity index (χ0v) is 9.83. The maximum atomic E-state index is 12.1. The molecule has 5 heteroatoms. The van der Waals surface area contributed by atoms with Crippen LogP contribution in [0.2, 0.25) is 0 Å². The molecule has 1 aliphatic heterocycles. The van der Waals surface area contributed by atoms with Crippen LogP contribution < -0.4 is 4.74 Å². The van der Waals surface area contributed by atoms with E-state index in [1.807, 2.05) is 0 Å². The molecule has 1 aliphatic rings.